The van der Waals surface area contributed by atoms with Gasteiger partial charge >= 0.3 is 5.97 Å². The number of nitrogens with zero attached hydrogens (tertiary/aromatic N) is 4. The Hall–Kier alpha value is -3.86. The van der Waals surface area contributed by atoms with Crippen LogP contribution < -0.4 is 14.4 Å². The van der Waals surface area contributed by atoms with Crippen molar-refractivity contribution in [2.75, 3.05) is 44.8 Å². The fourth-order valence-corrected chi connectivity index (χ4v) is 5.39. The number of carboxylic acids is 1. The smallest absolute Gasteiger partial charge is 0.335 e. The predicted octanol–water partition coefficient (Wildman–Crippen LogP) is 4.97. The Balaban J connectivity index is 1.16. The van der Waals surface area contributed by atoms with Crippen molar-refractivity contribution >= 4 is 34.3 Å². The van der Waals surface area contributed by atoms with Crippen molar-refractivity contribution in [3.05, 3.63) is 82.4 Å². The van der Waals surface area contributed by atoms with Crippen LogP contribution in [-0.2, 0) is 17.8 Å². The maximum atomic E-state index is 14.5. The minimum absolute atomic E-state index is 0.230. The highest BCUT2D eigenvalue weighted by Gasteiger charge is 2.32. The quantitative estimate of drug-likeness (QED) is 0.320. The molecular weight excluding hydrogens is 539 g/mol. The number of halogens is 2. The van der Waals surface area contributed by atoms with Crippen molar-refractivity contribution in [2.24, 2.45) is 0 Å². The molecule has 0 aliphatic carbocycles. The van der Waals surface area contributed by atoms with Crippen LogP contribution in [-0.4, -0.2) is 65.4 Å². The molecule has 0 amide bonds. The van der Waals surface area contributed by atoms with Gasteiger partial charge in [-0.15, -0.1) is 0 Å². The Morgan fingerprint density at radius 3 is 2.70 bits per heavy atom. The highest BCUT2D eigenvalue weighted by Crippen LogP contribution is 2.47. The molecule has 1 atom stereocenters. The first kappa shape index (κ1) is 26.4. The lowest BCUT2D eigenvalue weighted by Gasteiger charge is -2.36. The van der Waals surface area contributed by atoms with Crippen LogP contribution in [0.1, 0.15) is 28.0 Å². The zero-order valence-corrected chi connectivity index (χ0v) is 22.6. The van der Waals surface area contributed by atoms with E-state index in [4.69, 9.17) is 30.8 Å². The van der Waals surface area contributed by atoms with Crippen LogP contribution in [0.2, 0.25) is 5.02 Å². The number of carbonyl (C=O) groups is 1. The molecule has 6 rings (SSSR count). The van der Waals surface area contributed by atoms with Crippen molar-refractivity contribution < 1.29 is 28.5 Å². The van der Waals surface area contributed by atoms with E-state index in [-0.39, 0.29) is 5.56 Å². The number of fused-ring (bicyclic) bond motifs is 2. The Morgan fingerprint density at radius 2 is 1.95 bits per heavy atom. The molecule has 0 bridgehead atoms. The number of benzene rings is 3. The highest BCUT2D eigenvalue weighted by atomic mass is 35.5. The maximum absolute atomic E-state index is 14.5. The number of para-hydroxylation sites is 1. The summed E-state index contributed by atoms with van der Waals surface area (Å²) in [6.07, 6.45) is -0.878. The number of methoxy groups -OCH3 is 1. The standard InChI is InChI=1S/C29H28ClFN4O5/c1-38-14-13-35-24-15-18(28(36)37)5-8-22(24)32-26(35)17-33-9-11-34(12-10-33)23-3-2-4-25-27(23)40-29(39-25)20-7-6-19(30)16-21(20)31/h2-8,15-16,29H,9-14,17H2,1H3,(H,36,37). The third-order valence-corrected chi connectivity index (χ3v) is 7.54. The summed E-state index contributed by atoms with van der Waals surface area (Å²) in [5, 5.41) is 9.76. The van der Waals surface area contributed by atoms with E-state index < -0.39 is 18.1 Å². The lowest BCUT2D eigenvalue weighted by Crippen LogP contribution is -2.46. The first-order chi connectivity index (χ1) is 19.4. The van der Waals surface area contributed by atoms with Gasteiger partial charge in [-0.25, -0.2) is 14.2 Å². The Bertz CT molecular complexity index is 1570. The average Bonchev–Trinajstić information content (AvgIpc) is 3.53. The summed E-state index contributed by atoms with van der Waals surface area (Å²) in [5.74, 6) is 0.604. The average molecular weight is 567 g/mol. The van der Waals surface area contributed by atoms with E-state index >= 15 is 0 Å². The van der Waals surface area contributed by atoms with Crippen molar-refractivity contribution in [3.8, 4) is 11.5 Å². The number of hydrogen-bond acceptors (Lipinski definition) is 7. The molecule has 40 heavy (non-hydrogen) atoms. The van der Waals surface area contributed by atoms with Gasteiger partial charge in [-0.1, -0.05) is 17.7 Å². The molecule has 1 fully saturated rings. The summed E-state index contributed by atoms with van der Waals surface area (Å²) in [6.45, 7) is 4.77. The zero-order valence-electron chi connectivity index (χ0n) is 21.8. The van der Waals surface area contributed by atoms with Gasteiger partial charge in [-0.3, -0.25) is 4.90 Å². The minimum Gasteiger partial charge on any atom is -0.478 e. The molecule has 4 aromatic rings. The normalized spacial score (nSPS) is 17.1. The fourth-order valence-electron chi connectivity index (χ4n) is 5.24. The van der Waals surface area contributed by atoms with Gasteiger partial charge in [-0.2, -0.15) is 0 Å². The molecule has 1 aromatic heterocycles. The number of aromatic nitrogens is 2. The minimum atomic E-state index is -0.967. The van der Waals surface area contributed by atoms with Gasteiger partial charge in [0.15, 0.2) is 11.5 Å². The molecule has 11 heteroatoms. The van der Waals surface area contributed by atoms with Crippen LogP contribution in [0.25, 0.3) is 11.0 Å². The topological polar surface area (TPSA) is 89.3 Å². The van der Waals surface area contributed by atoms with Crippen LogP contribution in [0.5, 0.6) is 11.5 Å². The fraction of sp³-hybridized carbons (Fsp3) is 0.310. The van der Waals surface area contributed by atoms with Crippen LogP contribution in [0.15, 0.2) is 54.6 Å². The molecule has 208 valence electrons. The second-order valence-corrected chi connectivity index (χ2v) is 10.2. The number of carboxylic acid groups (broad SMARTS) is 1. The molecule has 0 radical (unpaired) electrons. The maximum Gasteiger partial charge on any atom is 0.335 e. The van der Waals surface area contributed by atoms with Crippen molar-refractivity contribution in [3.63, 3.8) is 0 Å². The Kier molecular flexibility index (Phi) is 7.22. The van der Waals surface area contributed by atoms with Gasteiger partial charge in [0.1, 0.15) is 11.6 Å². The molecule has 3 heterocycles. The molecule has 3 aromatic carbocycles. The van der Waals surface area contributed by atoms with Crippen molar-refractivity contribution in [1.82, 2.24) is 14.5 Å². The number of aromatic carboxylic acids is 1. The third-order valence-electron chi connectivity index (χ3n) is 7.30. The summed E-state index contributed by atoms with van der Waals surface area (Å²) >= 11 is 5.91. The Morgan fingerprint density at radius 1 is 1.12 bits per heavy atom. The van der Waals surface area contributed by atoms with Gasteiger partial charge < -0.3 is 28.8 Å². The summed E-state index contributed by atoms with van der Waals surface area (Å²) in [7, 11) is 1.64. The summed E-state index contributed by atoms with van der Waals surface area (Å²) < 4.78 is 33.9. The molecule has 9 nitrogen and oxygen atoms in total. The van der Waals surface area contributed by atoms with Gasteiger partial charge in [0, 0.05) is 44.9 Å². The Labute approximate surface area is 235 Å². The highest BCUT2D eigenvalue weighted by molar-refractivity contribution is 6.30. The van der Waals surface area contributed by atoms with E-state index in [9.17, 15) is 14.3 Å². The molecule has 1 unspecified atom stereocenters. The number of imidazole rings is 1. The second-order valence-electron chi connectivity index (χ2n) is 9.78. The predicted molar refractivity (Wildman–Crippen MR) is 148 cm³/mol. The second kappa shape index (κ2) is 11.0. The van der Waals surface area contributed by atoms with E-state index in [0.717, 1.165) is 48.7 Å². The van der Waals surface area contributed by atoms with Crippen LogP contribution in [0, 0.1) is 5.82 Å². The molecular formula is C29H28ClFN4O5. The van der Waals surface area contributed by atoms with Gasteiger partial charge in [0.05, 0.1) is 41.0 Å². The molecule has 0 spiro atoms. The monoisotopic (exact) mass is 566 g/mol. The largest absolute Gasteiger partial charge is 0.478 e. The van der Waals surface area contributed by atoms with E-state index in [1.165, 1.54) is 6.07 Å². The summed E-state index contributed by atoms with van der Waals surface area (Å²) in [4.78, 5) is 20.9. The van der Waals surface area contributed by atoms with E-state index in [2.05, 4.69) is 9.80 Å². The van der Waals surface area contributed by atoms with Crippen molar-refractivity contribution in [1.29, 1.82) is 0 Å². The van der Waals surface area contributed by atoms with E-state index in [1.54, 1.807) is 37.4 Å². The zero-order chi connectivity index (χ0) is 27.8. The first-order valence-corrected chi connectivity index (χ1v) is 13.4. The molecule has 2 aliphatic rings. The number of ether oxygens (including phenoxy) is 3. The summed E-state index contributed by atoms with van der Waals surface area (Å²) in [5.41, 5.74) is 2.98. The van der Waals surface area contributed by atoms with Gasteiger partial charge in [0.25, 0.3) is 6.29 Å². The van der Waals surface area contributed by atoms with Gasteiger partial charge in [-0.05, 0) is 48.5 Å². The number of anilines is 1. The lowest BCUT2D eigenvalue weighted by atomic mass is 10.2. The summed E-state index contributed by atoms with van der Waals surface area (Å²) in [6, 6.07) is 15.2. The van der Waals surface area contributed by atoms with Gasteiger partial charge in [0.2, 0.25) is 0 Å². The van der Waals surface area contributed by atoms with E-state index in [0.29, 0.717) is 41.8 Å². The van der Waals surface area contributed by atoms with Crippen molar-refractivity contribution in [2.45, 2.75) is 19.4 Å². The molecule has 2 aliphatic heterocycles. The number of hydrogen-bond donors (Lipinski definition) is 1. The van der Waals surface area contributed by atoms with Crippen LogP contribution in [0.4, 0.5) is 10.1 Å². The SMILES string of the molecule is COCCn1c(CN2CCN(c3cccc4c3OC(c3ccc(Cl)cc3F)O4)CC2)nc2ccc(C(=O)O)cc21. The van der Waals surface area contributed by atoms with Crippen LogP contribution >= 0.6 is 11.6 Å². The third kappa shape index (κ3) is 5.05. The first-order valence-electron chi connectivity index (χ1n) is 13.0. The molecule has 1 N–H and O–H groups in total. The van der Waals surface area contributed by atoms with E-state index in [1.807, 2.05) is 22.8 Å². The molecule has 0 saturated carbocycles. The number of rotatable bonds is 8. The van der Waals surface area contributed by atoms with Crippen LogP contribution in [0.3, 0.4) is 0 Å². The number of piperazine rings is 1. The molecule has 1 saturated heterocycles. The lowest BCUT2D eigenvalue weighted by molar-refractivity contribution is 0.0455.